The lowest BCUT2D eigenvalue weighted by molar-refractivity contribution is -0.121. The Morgan fingerprint density at radius 1 is 1.00 bits per heavy atom. The number of nitrogens with one attached hydrogen (secondary N) is 1. The van der Waals surface area contributed by atoms with E-state index in [0.29, 0.717) is 6.54 Å². The summed E-state index contributed by atoms with van der Waals surface area (Å²) in [5.41, 5.74) is 4.77. The van der Waals surface area contributed by atoms with Crippen LogP contribution in [0.1, 0.15) is 27.3 Å². The van der Waals surface area contributed by atoms with Crippen LogP contribution in [0.5, 0.6) is 0 Å². The van der Waals surface area contributed by atoms with Crippen LogP contribution >= 0.6 is 11.3 Å². The molecule has 176 valence electrons. The van der Waals surface area contributed by atoms with Crippen molar-refractivity contribution in [1.82, 2.24) is 14.6 Å². The van der Waals surface area contributed by atoms with Gasteiger partial charge in [0, 0.05) is 13.1 Å². The number of hydrogen-bond donors (Lipinski definition) is 1. The zero-order valence-corrected chi connectivity index (χ0v) is 21.0. The molecule has 1 amide bonds. The van der Waals surface area contributed by atoms with Crippen molar-refractivity contribution in [2.45, 2.75) is 38.8 Å². The van der Waals surface area contributed by atoms with Gasteiger partial charge in [0.2, 0.25) is 15.9 Å². The zero-order valence-electron chi connectivity index (χ0n) is 19.4. The highest BCUT2D eigenvalue weighted by Crippen LogP contribution is 2.27. The van der Waals surface area contributed by atoms with Crippen molar-refractivity contribution in [1.29, 1.82) is 0 Å². The lowest BCUT2D eigenvalue weighted by atomic mass is 10.1. The Morgan fingerprint density at radius 2 is 1.76 bits per heavy atom. The molecule has 6 nitrogen and oxygen atoms in total. The number of carbonyl (C=O) groups is 1. The number of aryl methyl sites for hydroxylation is 3. The summed E-state index contributed by atoms with van der Waals surface area (Å²) in [7, 11) is -3.92. The van der Waals surface area contributed by atoms with Gasteiger partial charge in [-0.1, -0.05) is 54.1 Å². The molecule has 4 aromatic rings. The Hall–Kier alpha value is -3.07. The molecular formula is C26H27N3O3S2. The summed E-state index contributed by atoms with van der Waals surface area (Å²) in [5.74, 6) is -0.352. The summed E-state index contributed by atoms with van der Waals surface area (Å²) in [4.78, 5) is 17.4. The van der Waals surface area contributed by atoms with E-state index in [1.54, 1.807) is 18.2 Å². The minimum Gasteiger partial charge on any atom is -0.351 e. The molecular weight excluding hydrogens is 466 g/mol. The number of nitrogens with zero attached hydrogens (tertiary/aromatic N) is 2. The molecule has 1 heterocycles. The van der Waals surface area contributed by atoms with E-state index >= 15 is 0 Å². The Kier molecular flexibility index (Phi) is 7.11. The molecule has 1 aromatic heterocycles. The third kappa shape index (κ3) is 5.52. The van der Waals surface area contributed by atoms with Gasteiger partial charge in [-0.25, -0.2) is 13.4 Å². The quantitative estimate of drug-likeness (QED) is 0.385. The Morgan fingerprint density at radius 3 is 2.53 bits per heavy atom. The van der Waals surface area contributed by atoms with Crippen molar-refractivity contribution in [2.75, 3.05) is 6.54 Å². The van der Waals surface area contributed by atoms with Gasteiger partial charge < -0.3 is 5.32 Å². The molecule has 0 aliphatic carbocycles. The minimum atomic E-state index is -3.92. The second kappa shape index (κ2) is 10.0. The lowest BCUT2D eigenvalue weighted by Crippen LogP contribution is -2.40. The number of carbonyl (C=O) groups excluding carboxylic acids is 1. The van der Waals surface area contributed by atoms with Crippen LogP contribution in [0.3, 0.4) is 0 Å². The smallest absolute Gasteiger partial charge is 0.243 e. The van der Waals surface area contributed by atoms with Crippen LogP contribution in [0, 0.1) is 20.8 Å². The highest BCUT2D eigenvalue weighted by Gasteiger charge is 2.27. The van der Waals surface area contributed by atoms with Gasteiger partial charge in [0.15, 0.2) is 0 Å². The van der Waals surface area contributed by atoms with E-state index in [9.17, 15) is 13.2 Å². The van der Waals surface area contributed by atoms with E-state index in [0.717, 1.165) is 37.5 Å². The average Bonchev–Trinajstić information content (AvgIpc) is 3.19. The molecule has 0 radical (unpaired) electrons. The molecule has 0 fully saturated rings. The molecule has 0 saturated heterocycles. The van der Waals surface area contributed by atoms with Gasteiger partial charge in [-0.2, -0.15) is 4.31 Å². The summed E-state index contributed by atoms with van der Waals surface area (Å²) in [6, 6.07) is 20.3. The number of benzene rings is 3. The maximum absolute atomic E-state index is 13.6. The molecule has 0 bridgehead atoms. The predicted octanol–water partition coefficient (Wildman–Crippen LogP) is 4.73. The molecule has 8 heteroatoms. The summed E-state index contributed by atoms with van der Waals surface area (Å²) in [6.07, 6.45) is 0. The molecule has 0 spiro atoms. The molecule has 0 unspecified atom stereocenters. The monoisotopic (exact) mass is 493 g/mol. The number of sulfonamides is 1. The predicted molar refractivity (Wildman–Crippen MR) is 136 cm³/mol. The van der Waals surface area contributed by atoms with E-state index in [1.165, 1.54) is 15.6 Å². The van der Waals surface area contributed by atoms with Crippen molar-refractivity contribution in [3.05, 3.63) is 94.0 Å². The molecule has 0 aliphatic rings. The highest BCUT2D eigenvalue weighted by molar-refractivity contribution is 7.89. The van der Waals surface area contributed by atoms with Gasteiger partial charge >= 0.3 is 0 Å². The van der Waals surface area contributed by atoms with Crippen molar-refractivity contribution < 1.29 is 13.2 Å². The maximum Gasteiger partial charge on any atom is 0.243 e. The van der Waals surface area contributed by atoms with Crippen molar-refractivity contribution in [2.24, 2.45) is 0 Å². The minimum absolute atomic E-state index is 0.0970. The number of fused-ring (bicyclic) bond motifs is 1. The van der Waals surface area contributed by atoms with Crippen LogP contribution in [0.15, 0.2) is 71.6 Å². The van der Waals surface area contributed by atoms with Crippen molar-refractivity contribution in [3.63, 3.8) is 0 Å². The number of aromatic nitrogens is 1. The van der Waals surface area contributed by atoms with Crippen LogP contribution in [0.25, 0.3) is 10.2 Å². The largest absolute Gasteiger partial charge is 0.351 e. The van der Waals surface area contributed by atoms with Crippen LogP contribution < -0.4 is 5.32 Å². The van der Waals surface area contributed by atoms with Crippen molar-refractivity contribution >= 4 is 37.5 Å². The first kappa shape index (κ1) is 24.1. The van der Waals surface area contributed by atoms with Crippen molar-refractivity contribution in [3.8, 4) is 0 Å². The average molecular weight is 494 g/mol. The van der Waals surface area contributed by atoms with Crippen LogP contribution in [0.2, 0.25) is 0 Å². The molecule has 0 aliphatic heterocycles. The second-order valence-corrected chi connectivity index (χ2v) is 11.5. The van der Waals surface area contributed by atoms with Gasteiger partial charge in [-0.05, 0) is 55.7 Å². The molecule has 0 atom stereocenters. The number of thiazole rings is 1. The highest BCUT2D eigenvalue weighted by atomic mass is 32.2. The number of amides is 1. The molecule has 3 aromatic carbocycles. The summed E-state index contributed by atoms with van der Waals surface area (Å²) in [6.45, 7) is 6.05. The Bertz CT molecular complexity index is 1430. The van der Waals surface area contributed by atoms with Gasteiger partial charge in [-0.15, -0.1) is 11.3 Å². The SMILES string of the molecule is Cc1ccc(C)c(CNC(=O)CN(Cc2ccccc2)S(=O)(=O)c2ccc3nc(C)sc3c2)c1. The molecule has 34 heavy (non-hydrogen) atoms. The summed E-state index contributed by atoms with van der Waals surface area (Å²) >= 11 is 1.45. The first-order valence-electron chi connectivity index (χ1n) is 11.0. The molecule has 1 N–H and O–H groups in total. The fraction of sp³-hybridized carbons (Fsp3) is 0.231. The second-order valence-electron chi connectivity index (χ2n) is 8.33. The number of hydrogen-bond acceptors (Lipinski definition) is 5. The maximum atomic E-state index is 13.6. The first-order chi connectivity index (χ1) is 16.2. The zero-order chi connectivity index (χ0) is 24.3. The van der Waals surface area contributed by atoms with Crippen LogP contribution in [-0.4, -0.2) is 30.2 Å². The third-order valence-electron chi connectivity index (χ3n) is 5.61. The van der Waals surface area contributed by atoms with Gasteiger partial charge in [0.25, 0.3) is 0 Å². The van der Waals surface area contributed by atoms with Gasteiger partial charge in [0.05, 0.1) is 26.7 Å². The lowest BCUT2D eigenvalue weighted by Gasteiger charge is -2.22. The normalized spacial score (nSPS) is 11.8. The standard InChI is InChI=1S/C26H27N3O3S2/c1-18-9-10-19(2)22(13-18)15-27-26(30)17-29(16-21-7-5-4-6-8-21)34(31,32)23-11-12-24-25(14-23)33-20(3)28-24/h4-14H,15-17H2,1-3H3,(H,27,30). The van der Waals surface area contributed by atoms with E-state index < -0.39 is 10.0 Å². The fourth-order valence-corrected chi connectivity index (χ4v) is 6.10. The van der Waals surface area contributed by atoms with Gasteiger partial charge in [-0.3, -0.25) is 4.79 Å². The van der Waals surface area contributed by atoms with E-state index in [2.05, 4.69) is 10.3 Å². The summed E-state index contributed by atoms with van der Waals surface area (Å²) < 4.78 is 29.3. The topological polar surface area (TPSA) is 79.4 Å². The van der Waals surface area contributed by atoms with E-state index in [4.69, 9.17) is 0 Å². The van der Waals surface area contributed by atoms with E-state index in [-0.39, 0.29) is 23.9 Å². The third-order valence-corrected chi connectivity index (χ3v) is 8.33. The molecule has 4 rings (SSSR count). The Balaban J connectivity index is 1.58. The first-order valence-corrected chi connectivity index (χ1v) is 13.2. The summed E-state index contributed by atoms with van der Waals surface area (Å²) in [5, 5.41) is 3.76. The van der Waals surface area contributed by atoms with Gasteiger partial charge in [0.1, 0.15) is 0 Å². The fourth-order valence-electron chi connectivity index (χ4n) is 3.74. The number of rotatable bonds is 8. The Labute approximate surface area is 204 Å². The van der Waals surface area contributed by atoms with Crippen LogP contribution in [-0.2, 0) is 27.9 Å². The van der Waals surface area contributed by atoms with Crippen LogP contribution in [0.4, 0.5) is 0 Å². The van der Waals surface area contributed by atoms with E-state index in [1.807, 2.05) is 69.3 Å². The molecule has 0 saturated carbocycles.